The zero-order chi connectivity index (χ0) is 7.73. The predicted molar refractivity (Wildman–Crippen MR) is 38.9 cm³/mol. The van der Waals surface area contributed by atoms with Gasteiger partial charge in [-0.1, -0.05) is 0 Å². The third kappa shape index (κ3) is 1.12. The molecule has 0 saturated carbocycles. The Morgan fingerprint density at radius 1 is 1.64 bits per heavy atom. The van der Waals surface area contributed by atoms with Crippen LogP contribution < -0.4 is 5.32 Å². The Balaban J connectivity index is 2.01. The summed E-state index contributed by atoms with van der Waals surface area (Å²) in [4.78, 5) is 12.2. The van der Waals surface area contributed by atoms with Gasteiger partial charge < -0.3 is 9.64 Å². The topological polar surface area (TPSA) is 41.6 Å². The standard InChI is InChI=1S/C7H12N2O2/c10-6-9-2-1-7(4-9)3-8-5-11-7/h6,8H,1-5H2. The van der Waals surface area contributed by atoms with Crippen molar-refractivity contribution in [3.05, 3.63) is 0 Å². The maximum Gasteiger partial charge on any atom is 0.209 e. The van der Waals surface area contributed by atoms with E-state index in [9.17, 15) is 4.79 Å². The van der Waals surface area contributed by atoms with E-state index < -0.39 is 0 Å². The summed E-state index contributed by atoms with van der Waals surface area (Å²) >= 11 is 0. The van der Waals surface area contributed by atoms with Crippen LogP contribution in [0.1, 0.15) is 6.42 Å². The van der Waals surface area contributed by atoms with Crippen molar-refractivity contribution in [3.63, 3.8) is 0 Å². The Labute approximate surface area is 65.5 Å². The molecule has 0 bridgehead atoms. The molecule has 0 aromatic carbocycles. The van der Waals surface area contributed by atoms with Crippen LogP contribution in [0, 0.1) is 0 Å². The fourth-order valence-electron chi connectivity index (χ4n) is 1.76. The first-order valence-electron chi connectivity index (χ1n) is 3.89. The molecule has 1 spiro atoms. The summed E-state index contributed by atoms with van der Waals surface area (Å²) in [7, 11) is 0. The van der Waals surface area contributed by atoms with Gasteiger partial charge in [-0.3, -0.25) is 10.1 Å². The normalized spacial score (nSPS) is 36.9. The number of likely N-dealkylation sites (tertiary alicyclic amines) is 1. The monoisotopic (exact) mass is 156 g/mol. The van der Waals surface area contributed by atoms with Gasteiger partial charge in [0.2, 0.25) is 6.41 Å². The van der Waals surface area contributed by atoms with Crippen molar-refractivity contribution in [1.29, 1.82) is 0 Å². The largest absolute Gasteiger partial charge is 0.357 e. The number of rotatable bonds is 1. The van der Waals surface area contributed by atoms with Crippen LogP contribution in [0.25, 0.3) is 0 Å². The summed E-state index contributed by atoms with van der Waals surface area (Å²) in [6.45, 7) is 3.11. The second-order valence-electron chi connectivity index (χ2n) is 3.22. The van der Waals surface area contributed by atoms with Gasteiger partial charge in [0.05, 0.1) is 13.3 Å². The van der Waals surface area contributed by atoms with E-state index >= 15 is 0 Å². The van der Waals surface area contributed by atoms with E-state index in [2.05, 4.69) is 5.32 Å². The van der Waals surface area contributed by atoms with Crippen LogP contribution in [0.2, 0.25) is 0 Å². The molecule has 2 rings (SSSR count). The number of hydrogen-bond donors (Lipinski definition) is 1. The van der Waals surface area contributed by atoms with Crippen LogP contribution in [-0.4, -0.2) is 43.3 Å². The van der Waals surface area contributed by atoms with Gasteiger partial charge in [0.15, 0.2) is 0 Å². The van der Waals surface area contributed by atoms with Crippen molar-refractivity contribution >= 4 is 6.41 Å². The van der Waals surface area contributed by atoms with Crippen LogP contribution in [-0.2, 0) is 9.53 Å². The number of carbonyl (C=O) groups excluding carboxylic acids is 1. The van der Waals surface area contributed by atoms with Crippen molar-refractivity contribution in [3.8, 4) is 0 Å². The minimum absolute atomic E-state index is 0.0547. The second kappa shape index (κ2) is 2.46. The van der Waals surface area contributed by atoms with Gasteiger partial charge in [0.1, 0.15) is 5.60 Å². The number of amides is 1. The van der Waals surface area contributed by atoms with E-state index in [0.29, 0.717) is 6.73 Å². The lowest BCUT2D eigenvalue weighted by atomic mass is 10.0. The maximum atomic E-state index is 10.4. The third-order valence-electron chi connectivity index (χ3n) is 2.42. The molecular weight excluding hydrogens is 144 g/mol. The van der Waals surface area contributed by atoms with Crippen LogP contribution >= 0.6 is 0 Å². The molecular formula is C7H12N2O2. The summed E-state index contributed by atoms with van der Waals surface area (Å²) in [5, 5.41) is 3.13. The minimum Gasteiger partial charge on any atom is -0.357 e. The Kier molecular flexibility index (Phi) is 1.58. The Morgan fingerprint density at radius 2 is 2.55 bits per heavy atom. The highest BCUT2D eigenvalue weighted by atomic mass is 16.5. The average molecular weight is 156 g/mol. The molecule has 2 aliphatic rings. The molecule has 0 radical (unpaired) electrons. The summed E-state index contributed by atoms with van der Waals surface area (Å²) in [6.07, 6.45) is 1.87. The zero-order valence-corrected chi connectivity index (χ0v) is 6.38. The molecule has 2 fully saturated rings. The molecule has 62 valence electrons. The van der Waals surface area contributed by atoms with Crippen LogP contribution in [0.4, 0.5) is 0 Å². The van der Waals surface area contributed by atoms with Gasteiger partial charge in [0.25, 0.3) is 0 Å². The average Bonchev–Trinajstić information content (AvgIpc) is 2.62. The smallest absolute Gasteiger partial charge is 0.209 e. The number of carbonyl (C=O) groups is 1. The van der Waals surface area contributed by atoms with Gasteiger partial charge in [0, 0.05) is 13.1 Å². The SMILES string of the molecule is O=CN1CCC2(CNCO2)C1. The molecule has 2 aliphatic heterocycles. The molecule has 2 heterocycles. The highest BCUT2D eigenvalue weighted by Gasteiger charge is 2.41. The predicted octanol–water partition coefficient (Wildman–Crippen LogP) is -0.835. The molecule has 1 atom stereocenters. The summed E-state index contributed by atoms with van der Waals surface area (Å²) in [5.74, 6) is 0. The highest BCUT2D eigenvalue weighted by molar-refractivity contribution is 5.48. The van der Waals surface area contributed by atoms with Crippen molar-refractivity contribution in [2.75, 3.05) is 26.4 Å². The number of hydrogen-bond acceptors (Lipinski definition) is 3. The van der Waals surface area contributed by atoms with Gasteiger partial charge in [-0.25, -0.2) is 0 Å². The molecule has 0 aromatic rings. The van der Waals surface area contributed by atoms with Gasteiger partial charge in [-0.15, -0.1) is 0 Å². The van der Waals surface area contributed by atoms with E-state index in [1.54, 1.807) is 4.90 Å². The fourth-order valence-corrected chi connectivity index (χ4v) is 1.76. The van der Waals surface area contributed by atoms with Crippen molar-refractivity contribution < 1.29 is 9.53 Å². The fraction of sp³-hybridized carbons (Fsp3) is 0.857. The van der Waals surface area contributed by atoms with E-state index in [0.717, 1.165) is 32.5 Å². The molecule has 0 aromatic heterocycles. The molecule has 2 saturated heterocycles. The quantitative estimate of drug-likeness (QED) is 0.503. The summed E-state index contributed by atoms with van der Waals surface area (Å²) in [5.41, 5.74) is -0.0547. The Bertz CT molecular complexity index is 166. The van der Waals surface area contributed by atoms with Crippen LogP contribution in [0.3, 0.4) is 0 Å². The summed E-state index contributed by atoms with van der Waals surface area (Å²) in [6, 6.07) is 0. The molecule has 1 N–H and O–H groups in total. The van der Waals surface area contributed by atoms with Crippen molar-refractivity contribution in [1.82, 2.24) is 10.2 Å². The van der Waals surface area contributed by atoms with E-state index in [1.165, 1.54) is 0 Å². The molecule has 1 unspecified atom stereocenters. The van der Waals surface area contributed by atoms with Gasteiger partial charge >= 0.3 is 0 Å². The van der Waals surface area contributed by atoms with Crippen molar-refractivity contribution in [2.24, 2.45) is 0 Å². The lowest BCUT2D eigenvalue weighted by Gasteiger charge is -2.19. The molecule has 11 heavy (non-hydrogen) atoms. The lowest BCUT2D eigenvalue weighted by molar-refractivity contribution is -0.118. The second-order valence-corrected chi connectivity index (χ2v) is 3.22. The number of nitrogens with one attached hydrogen (secondary N) is 1. The first-order valence-corrected chi connectivity index (χ1v) is 3.89. The zero-order valence-electron chi connectivity index (χ0n) is 6.38. The molecule has 1 amide bonds. The van der Waals surface area contributed by atoms with E-state index in [-0.39, 0.29) is 5.60 Å². The van der Waals surface area contributed by atoms with Crippen LogP contribution in [0.5, 0.6) is 0 Å². The third-order valence-corrected chi connectivity index (χ3v) is 2.42. The minimum atomic E-state index is -0.0547. The Morgan fingerprint density at radius 3 is 3.09 bits per heavy atom. The lowest BCUT2D eigenvalue weighted by Crippen LogP contribution is -2.36. The van der Waals surface area contributed by atoms with Gasteiger partial charge in [-0.05, 0) is 6.42 Å². The van der Waals surface area contributed by atoms with Crippen molar-refractivity contribution in [2.45, 2.75) is 12.0 Å². The Hall–Kier alpha value is -0.610. The number of ether oxygens (including phenoxy) is 1. The first kappa shape index (κ1) is 7.06. The van der Waals surface area contributed by atoms with E-state index in [1.807, 2.05) is 0 Å². The molecule has 0 aliphatic carbocycles. The maximum absolute atomic E-state index is 10.4. The van der Waals surface area contributed by atoms with Crippen LogP contribution in [0.15, 0.2) is 0 Å². The first-order chi connectivity index (χ1) is 5.35. The molecule has 4 heteroatoms. The summed E-state index contributed by atoms with van der Waals surface area (Å²) < 4.78 is 5.52. The highest BCUT2D eigenvalue weighted by Crippen LogP contribution is 2.26. The van der Waals surface area contributed by atoms with Gasteiger partial charge in [-0.2, -0.15) is 0 Å². The molecule has 4 nitrogen and oxygen atoms in total. The number of nitrogens with zero attached hydrogens (tertiary/aromatic N) is 1. The van der Waals surface area contributed by atoms with E-state index in [4.69, 9.17) is 4.74 Å².